The Labute approximate surface area is 103 Å². The number of amides is 1. The average molecular weight is 244 g/mol. The maximum absolute atomic E-state index is 12.0. The molecule has 1 amide bonds. The fourth-order valence-electron chi connectivity index (χ4n) is 1.48. The molecule has 17 heavy (non-hydrogen) atoms. The Morgan fingerprint density at radius 3 is 1.94 bits per heavy atom. The minimum atomic E-state index is -1.02. The van der Waals surface area contributed by atoms with Gasteiger partial charge < -0.3 is 15.7 Å². The smallest absolute Gasteiger partial charge is 0.326 e. The van der Waals surface area contributed by atoms with Crippen molar-refractivity contribution in [1.29, 1.82) is 0 Å². The fourth-order valence-corrected chi connectivity index (χ4v) is 1.48. The highest BCUT2D eigenvalue weighted by molar-refractivity contribution is 5.89. The normalized spacial score (nSPS) is 14.2. The van der Waals surface area contributed by atoms with Crippen molar-refractivity contribution in [2.45, 2.75) is 53.1 Å². The molecule has 0 fully saturated rings. The summed E-state index contributed by atoms with van der Waals surface area (Å²) >= 11 is 0. The van der Waals surface area contributed by atoms with Crippen LogP contribution in [0.5, 0.6) is 0 Å². The molecule has 0 aromatic carbocycles. The van der Waals surface area contributed by atoms with Gasteiger partial charge in [0, 0.05) is 0 Å². The van der Waals surface area contributed by atoms with E-state index in [1.54, 1.807) is 34.6 Å². The summed E-state index contributed by atoms with van der Waals surface area (Å²) in [4.78, 5) is 23.1. The van der Waals surface area contributed by atoms with Crippen molar-refractivity contribution in [2.75, 3.05) is 6.54 Å². The van der Waals surface area contributed by atoms with Crippen molar-refractivity contribution in [3.63, 3.8) is 0 Å². The first kappa shape index (κ1) is 15.9. The lowest BCUT2D eigenvalue weighted by Crippen LogP contribution is -2.59. The molecular weight excluding hydrogens is 220 g/mol. The number of likely N-dealkylation sites (N-methyl/N-ethyl adjacent to an activating group) is 1. The van der Waals surface area contributed by atoms with Crippen molar-refractivity contribution < 1.29 is 14.7 Å². The third-order valence-electron chi connectivity index (χ3n) is 2.57. The molecule has 0 saturated heterocycles. The summed E-state index contributed by atoms with van der Waals surface area (Å²) in [7, 11) is 0. The molecule has 0 aliphatic carbocycles. The van der Waals surface area contributed by atoms with E-state index in [0.29, 0.717) is 6.54 Å². The molecule has 0 rings (SSSR count). The van der Waals surface area contributed by atoms with Gasteiger partial charge in [-0.25, -0.2) is 4.79 Å². The van der Waals surface area contributed by atoms with Crippen molar-refractivity contribution in [1.82, 2.24) is 10.6 Å². The zero-order valence-electron chi connectivity index (χ0n) is 11.5. The Morgan fingerprint density at radius 1 is 1.18 bits per heavy atom. The van der Waals surface area contributed by atoms with Crippen LogP contribution in [0.2, 0.25) is 0 Å². The standard InChI is InChI=1S/C12H24N2O3/c1-7-13-12(5,6)10(17)14-8(9(15)16)11(2,3)4/h8,13H,7H2,1-6H3,(H,14,17)(H,15,16)/t8-/m0/s1. The molecule has 0 spiro atoms. The summed E-state index contributed by atoms with van der Waals surface area (Å²) in [6.07, 6.45) is 0. The molecule has 0 saturated carbocycles. The highest BCUT2D eigenvalue weighted by atomic mass is 16.4. The zero-order chi connectivity index (χ0) is 13.9. The number of aliphatic carboxylic acids is 1. The zero-order valence-corrected chi connectivity index (χ0v) is 11.5. The lowest BCUT2D eigenvalue weighted by molar-refractivity contribution is -0.145. The van der Waals surface area contributed by atoms with Gasteiger partial charge in [0.25, 0.3) is 0 Å². The molecule has 0 aromatic heterocycles. The number of hydrogen-bond acceptors (Lipinski definition) is 3. The molecule has 0 radical (unpaired) electrons. The van der Waals surface area contributed by atoms with Crippen LogP contribution in [0.3, 0.4) is 0 Å². The molecule has 5 heteroatoms. The third-order valence-corrected chi connectivity index (χ3v) is 2.57. The lowest BCUT2D eigenvalue weighted by Gasteiger charge is -2.32. The topological polar surface area (TPSA) is 78.4 Å². The SMILES string of the molecule is CCNC(C)(C)C(=O)N[C@@H](C(=O)O)C(C)(C)C. The summed E-state index contributed by atoms with van der Waals surface area (Å²) < 4.78 is 0. The van der Waals surface area contributed by atoms with Gasteiger partial charge in [-0.15, -0.1) is 0 Å². The number of carbonyl (C=O) groups is 2. The molecule has 1 atom stereocenters. The summed E-state index contributed by atoms with van der Waals surface area (Å²) in [5.74, 6) is -1.32. The predicted molar refractivity (Wildman–Crippen MR) is 66.8 cm³/mol. The molecular formula is C12H24N2O3. The van der Waals surface area contributed by atoms with Gasteiger partial charge >= 0.3 is 5.97 Å². The van der Waals surface area contributed by atoms with E-state index in [0.717, 1.165) is 0 Å². The Kier molecular flexibility index (Phi) is 5.13. The van der Waals surface area contributed by atoms with Crippen LogP contribution in [-0.2, 0) is 9.59 Å². The first-order valence-corrected chi connectivity index (χ1v) is 5.81. The van der Waals surface area contributed by atoms with E-state index < -0.39 is 23.0 Å². The molecule has 0 aromatic rings. The Balaban J connectivity index is 4.80. The summed E-state index contributed by atoms with van der Waals surface area (Å²) in [6.45, 7) is 11.4. The maximum atomic E-state index is 12.0. The maximum Gasteiger partial charge on any atom is 0.326 e. The van der Waals surface area contributed by atoms with Crippen LogP contribution in [0, 0.1) is 5.41 Å². The first-order valence-electron chi connectivity index (χ1n) is 5.81. The highest BCUT2D eigenvalue weighted by Crippen LogP contribution is 2.20. The van der Waals surface area contributed by atoms with Crippen LogP contribution in [0.15, 0.2) is 0 Å². The Morgan fingerprint density at radius 2 is 1.65 bits per heavy atom. The second kappa shape index (κ2) is 5.49. The highest BCUT2D eigenvalue weighted by Gasteiger charge is 2.36. The molecule has 0 unspecified atom stereocenters. The van der Waals surface area contributed by atoms with Crippen molar-refractivity contribution in [3.8, 4) is 0 Å². The predicted octanol–water partition coefficient (Wildman–Crippen LogP) is 0.990. The van der Waals surface area contributed by atoms with Gasteiger partial charge in [-0.1, -0.05) is 27.7 Å². The largest absolute Gasteiger partial charge is 0.480 e. The van der Waals surface area contributed by atoms with Gasteiger partial charge in [0.05, 0.1) is 5.54 Å². The number of nitrogens with one attached hydrogen (secondary N) is 2. The summed E-state index contributed by atoms with van der Waals surface area (Å²) in [6, 6.07) is -0.895. The van der Waals surface area contributed by atoms with E-state index in [4.69, 9.17) is 5.11 Å². The molecule has 5 nitrogen and oxygen atoms in total. The Bertz CT molecular complexity index is 293. The van der Waals surface area contributed by atoms with Crippen LogP contribution < -0.4 is 10.6 Å². The summed E-state index contributed by atoms with van der Waals surface area (Å²) in [5, 5.41) is 14.7. The number of carboxylic acids is 1. The second-order valence-corrected chi connectivity index (χ2v) is 5.77. The van der Waals surface area contributed by atoms with E-state index in [-0.39, 0.29) is 5.91 Å². The minimum Gasteiger partial charge on any atom is -0.480 e. The van der Waals surface area contributed by atoms with Gasteiger partial charge in [-0.05, 0) is 25.8 Å². The minimum absolute atomic E-state index is 0.304. The van der Waals surface area contributed by atoms with E-state index in [1.165, 1.54) is 0 Å². The lowest BCUT2D eigenvalue weighted by atomic mass is 9.86. The van der Waals surface area contributed by atoms with Gasteiger partial charge in [0.2, 0.25) is 5.91 Å². The number of rotatable bonds is 5. The molecule has 0 aliphatic heterocycles. The molecule has 100 valence electrons. The fraction of sp³-hybridized carbons (Fsp3) is 0.833. The summed E-state index contributed by atoms with van der Waals surface area (Å²) in [5.41, 5.74) is -1.29. The van der Waals surface area contributed by atoms with Crippen molar-refractivity contribution >= 4 is 11.9 Å². The molecule has 0 bridgehead atoms. The monoisotopic (exact) mass is 244 g/mol. The van der Waals surface area contributed by atoms with Crippen LogP contribution in [0.25, 0.3) is 0 Å². The van der Waals surface area contributed by atoms with Gasteiger partial charge in [-0.3, -0.25) is 4.79 Å². The van der Waals surface area contributed by atoms with Gasteiger partial charge in [0.15, 0.2) is 0 Å². The first-order chi connectivity index (χ1) is 7.52. The average Bonchev–Trinajstić information content (AvgIpc) is 2.10. The molecule has 3 N–H and O–H groups in total. The molecule has 0 heterocycles. The third kappa shape index (κ3) is 4.73. The van der Waals surface area contributed by atoms with Gasteiger partial charge in [-0.2, -0.15) is 0 Å². The van der Waals surface area contributed by atoms with Crippen molar-refractivity contribution in [2.24, 2.45) is 5.41 Å². The van der Waals surface area contributed by atoms with E-state index in [9.17, 15) is 9.59 Å². The van der Waals surface area contributed by atoms with Crippen molar-refractivity contribution in [3.05, 3.63) is 0 Å². The van der Waals surface area contributed by atoms with E-state index in [1.807, 2.05) is 6.92 Å². The van der Waals surface area contributed by atoms with Crippen LogP contribution in [-0.4, -0.2) is 35.1 Å². The van der Waals surface area contributed by atoms with E-state index >= 15 is 0 Å². The number of carboxylic acid groups (broad SMARTS) is 1. The second-order valence-electron chi connectivity index (χ2n) is 5.77. The van der Waals surface area contributed by atoms with Crippen LogP contribution in [0.1, 0.15) is 41.5 Å². The quantitative estimate of drug-likeness (QED) is 0.674. The molecule has 0 aliphatic rings. The van der Waals surface area contributed by atoms with Crippen LogP contribution in [0.4, 0.5) is 0 Å². The van der Waals surface area contributed by atoms with Gasteiger partial charge in [0.1, 0.15) is 6.04 Å². The number of carbonyl (C=O) groups excluding carboxylic acids is 1. The van der Waals surface area contributed by atoms with E-state index in [2.05, 4.69) is 10.6 Å². The Hall–Kier alpha value is -1.10. The number of hydrogen-bond donors (Lipinski definition) is 3. The van der Waals surface area contributed by atoms with Crippen LogP contribution >= 0.6 is 0 Å².